The average molecular weight is 363 g/mol. The van der Waals surface area contributed by atoms with E-state index in [1.54, 1.807) is 19.9 Å². The van der Waals surface area contributed by atoms with E-state index < -0.39 is 20.9 Å². The van der Waals surface area contributed by atoms with Crippen LogP contribution >= 0.6 is 0 Å². The van der Waals surface area contributed by atoms with Gasteiger partial charge in [-0.3, -0.25) is 14.9 Å². The summed E-state index contributed by atoms with van der Waals surface area (Å²) in [5.74, 6) is -0.490. The molecule has 0 fully saturated rings. The number of hydrogen-bond acceptors (Lipinski definition) is 5. The molecule has 0 aromatic heterocycles. The van der Waals surface area contributed by atoms with Gasteiger partial charge in [-0.25, -0.2) is 13.1 Å². The first-order valence-corrected chi connectivity index (χ1v) is 8.89. The smallest absolute Gasteiger partial charge is 0.271 e. The molecular formula is C16H17N3O5S. The van der Waals surface area contributed by atoms with Crippen molar-refractivity contribution in [2.24, 2.45) is 0 Å². The Morgan fingerprint density at radius 2 is 1.80 bits per heavy atom. The third-order valence-electron chi connectivity index (χ3n) is 3.44. The number of rotatable bonds is 6. The number of nitro benzene ring substituents is 1. The molecule has 2 N–H and O–H groups in total. The van der Waals surface area contributed by atoms with Gasteiger partial charge in [0.15, 0.2) is 0 Å². The third-order valence-corrected chi connectivity index (χ3v) is 5.00. The van der Waals surface area contributed by atoms with E-state index in [0.717, 1.165) is 0 Å². The van der Waals surface area contributed by atoms with E-state index in [-0.39, 0.29) is 22.7 Å². The Morgan fingerprint density at radius 1 is 1.16 bits per heavy atom. The lowest BCUT2D eigenvalue weighted by atomic mass is 10.1. The molecule has 0 bridgehead atoms. The highest BCUT2D eigenvalue weighted by Gasteiger charge is 2.15. The zero-order chi connectivity index (χ0) is 18.6. The van der Waals surface area contributed by atoms with Gasteiger partial charge >= 0.3 is 0 Å². The Balaban J connectivity index is 2.22. The van der Waals surface area contributed by atoms with Crippen LogP contribution < -0.4 is 10.0 Å². The predicted octanol–water partition coefficient (Wildman–Crippen LogP) is 2.45. The molecular weight excluding hydrogens is 346 g/mol. The molecule has 2 aromatic carbocycles. The maximum absolute atomic E-state index is 12.3. The number of carbonyl (C=O) groups is 1. The summed E-state index contributed by atoms with van der Waals surface area (Å²) in [5, 5.41) is 13.4. The Bertz CT molecular complexity index is 908. The van der Waals surface area contributed by atoms with Crippen LogP contribution in [0.3, 0.4) is 0 Å². The van der Waals surface area contributed by atoms with Gasteiger partial charge in [-0.1, -0.05) is 13.0 Å². The first-order chi connectivity index (χ1) is 11.7. The molecule has 2 aromatic rings. The van der Waals surface area contributed by atoms with Crippen molar-refractivity contribution in [2.45, 2.75) is 18.7 Å². The number of nitrogens with one attached hydrogen (secondary N) is 2. The van der Waals surface area contributed by atoms with Crippen LogP contribution in [-0.2, 0) is 10.0 Å². The number of nitro groups is 1. The molecule has 0 radical (unpaired) electrons. The van der Waals surface area contributed by atoms with Crippen molar-refractivity contribution in [1.29, 1.82) is 0 Å². The molecule has 0 spiro atoms. The average Bonchev–Trinajstić information content (AvgIpc) is 2.56. The molecule has 0 saturated heterocycles. The molecule has 0 unspecified atom stereocenters. The quantitative estimate of drug-likeness (QED) is 0.604. The van der Waals surface area contributed by atoms with Gasteiger partial charge < -0.3 is 5.32 Å². The second kappa shape index (κ2) is 7.41. The fourth-order valence-electron chi connectivity index (χ4n) is 2.11. The van der Waals surface area contributed by atoms with Gasteiger partial charge in [0, 0.05) is 24.2 Å². The molecule has 1 amide bonds. The summed E-state index contributed by atoms with van der Waals surface area (Å²) in [6.45, 7) is 3.64. The van der Waals surface area contributed by atoms with Gasteiger partial charge in [-0.2, -0.15) is 0 Å². The summed E-state index contributed by atoms with van der Waals surface area (Å²) in [5.41, 5.74) is 1.10. The molecule has 9 heteroatoms. The summed E-state index contributed by atoms with van der Waals surface area (Å²) >= 11 is 0. The summed E-state index contributed by atoms with van der Waals surface area (Å²) in [4.78, 5) is 22.6. The second-order valence-corrected chi connectivity index (χ2v) is 7.00. The number of carbonyl (C=O) groups excluding carboxylic acids is 1. The normalized spacial score (nSPS) is 11.1. The van der Waals surface area contributed by atoms with E-state index in [1.165, 1.54) is 36.4 Å². The van der Waals surface area contributed by atoms with Crippen molar-refractivity contribution in [3.63, 3.8) is 0 Å². The van der Waals surface area contributed by atoms with Crippen LogP contribution in [-0.4, -0.2) is 25.8 Å². The monoisotopic (exact) mass is 363 g/mol. The maximum Gasteiger partial charge on any atom is 0.271 e. The molecule has 0 heterocycles. The van der Waals surface area contributed by atoms with E-state index in [2.05, 4.69) is 10.0 Å². The minimum atomic E-state index is -3.59. The fourth-order valence-corrected chi connectivity index (χ4v) is 3.15. The minimum absolute atomic E-state index is 0.0532. The zero-order valence-electron chi connectivity index (χ0n) is 13.6. The van der Waals surface area contributed by atoms with Crippen molar-refractivity contribution in [3.05, 3.63) is 63.7 Å². The van der Waals surface area contributed by atoms with Crippen LogP contribution in [0.4, 0.5) is 11.4 Å². The Kier molecular flexibility index (Phi) is 5.50. The fraction of sp³-hybridized carbons (Fsp3) is 0.188. The third kappa shape index (κ3) is 4.40. The van der Waals surface area contributed by atoms with Gasteiger partial charge in [0.1, 0.15) is 0 Å². The van der Waals surface area contributed by atoms with Crippen LogP contribution in [0.25, 0.3) is 0 Å². The van der Waals surface area contributed by atoms with Crippen LogP contribution in [0.2, 0.25) is 0 Å². The summed E-state index contributed by atoms with van der Waals surface area (Å²) in [6, 6.07) is 9.58. The Hall–Kier alpha value is -2.78. The van der Waals surface area contributed by atoms with Crippen molar-refractivity contribution in [2.75, 3.05) is 11.9 Å². The van der Waals surface area contributed by atoms with Crippen LogP contribution in [0.15, 0.2) is 47.4 Å². The summed E-state index contributed by atoms with van der Waals surface area (Å²) in [6.07, 6.45) is 0. The number of anilines is 1. The van der Waals surface area contributed by atoms with E-state index in [4.69, 9.17) is 0 Å². The largest absolute Gasteiger partial charge is 0.321 e. The van der Waals surface area contributed by atoms with Crippen molar-refractivity contribution < 1.29 is 18.1 Å². The number of benzene rings is 2. The van der Waals surface area contributed by atoms with Crippen molar-refractivity contribution in [1.82, 2.24) is 4.72 Å². The molecule has 8 nitrogen and oxygen atoms in total. The molecule has 0 atom stereocenters. The van der Waals surface area contributed by atoms with Gasteiger partial charge in [-0.05, 0) is 36.8 Å². The van der Waals surface area contributed by atoms with Gasteiger partial charge in [0.25, 0.3) is 11.6 Å². The second-order valence-electron chi connectivity index (χ2n) is 5.24. The first-order valence-electron chi connectivity index (χ1n) is 7.40. The Labute approximate surface area is 145 Å². The highest BCUT2D eigenvalue weighted by atomic mass is 32.2. The molecule has 132 valence electrons. The number of sulfonamides is 1. The van der Waals surface area contributed by atoms with Crippen LogP contribution in [0, 0.1) is 17.0 Å². The number of amides is 1. The molecule has 0 aliphatic heterocycles. The standard InChI is InChI=1S/C16H17N3O5S/c1-3-17-25(23,24)14-8-5-12(6-9-14)16(20)18-15-10-13(19(21)22)7-4-11(15)2/h4-10,17H,3H2,1-2H3,(H,18,20). The number of aryl methyl sites for hydroxylation is 1. The topological polar surface area (TPSA) is 118 Å². The van der Waals surface area contributed by atoms with Crippen LogP contribution in [0.1, 0.15) is 22.8 Å². The SMILES string of the molecule is CCNS(=O)(=O)c1ccc(C(=O)Nc2cc([N+](=O)[O-])ccc2C)cc1. The van der Waals surface area contributed by atoms with Gasteiger partial charge in [-0.15, -0.1) is 0 Å². The number of hydrogen-bond donors (Lipinski definition) is 2. The zero-order valence-corrected chi connectivity index (χ0v) is 14.5. The first kappa shape index (κ1) is 18.6. The highest BCUT2D eigenvalue weighted by molar-refractivity contribution is 7.89. The Morgan fingerprint density at radius 3 is 2.36 bits per heavy atom. The lowest BCUT2D eigenvalue weighted by Gasteiger charge is -2.09. The van der Waals surface area contributed by atoms with Crippen molar-refractivity contribution >= 4 is 27.3 Å². The molecule has 0 aliphatic carbocycles. The summed E-state index contributed by atoms with van der Waals surface area (Å²) in [7, 11) is -3.59. The lowest BCUT2D eigenvalue weighted by Crippen LogP contribution is -2.23. The van der Waals surface area contributed by atoms with Gasteiger partial charge in [0.2, 0.25) is 10.0 Å². The predicted molar refractivity (Wildman–Crippen MR) is 93.1 cm³/mol. The lowest BCUT2D eigenvalue weighted by molar-refractivity contribution is -0.384. The highest BCUT2D eigenvalue weighted by Crippen LogP contribution is 2.22. The van der Waals surface area contributed by atoms with Crippen LogP contribution in [0.5, 0.6) is 0 Å². The van der Waals surface area contributed by atoms with E-state index in [1.807, 2.05) is 0 Å². The summed E-state index contributed by atoms with van der Waals surface area (Å²) < 4.78 is 26.1. The molecule has 0 aliphatic rings. The molecule has 0 saturated carbocycles. The molecule has 25 heavy (non-hydrogen) atoms. The number of non-ortho nitro benzene ring substituents is 1. The maximum atomic E-state index is 12.3. The number of nitrogens with zero attached hydrogens (tertiary/aromatic N) is 1. The van der Waals surface area contributed by atoms with E-state index >= 15 is 0 Å². The minimum Gasteiger partial charge on any atom is -0.321 e. The van der Waals surface area contributed by atoms with E-state index in [0.29, 0.717) is 11.3 Å². The van der Waals surface area contributed by atoms with Gasteiger partial charge in [0.05, 0.1) is 15.5 Å². The molecule has 2 rings (SSSR count). The van der Waals surface area contributed by atoms with Crippen molar-refractivity contribution in [3.8, 4) is 0 Å². The van der Waals surface area contributed by atoms with E-state index in [9.17, 15) is 23.3 Å².